The molecule has 0 aromatic heterocycles. The number of nitrogens with one attached hydrogen (secondary N) is 1. The Kier molecular flexibility index (Phi) is 4.97. The second kappa shape index (κ2) is 6.97. The normalized spacial score (nSPS) is 19.2. The van der Waals surface area contributed by atoms with Gasteiger partial charge in [0.15, 0.2) is 0 Å². The summed E-state index contributed by atoms with van der Waals surface area (Å²) in [6, 6.07) is 9.82. The second-order valence-electron chi connectivity index (χ2n) is 4.55. The summed E-state index contributed by atoms with van der Waals surface area (Å²) in [5, 5.41) is 2.90. The van der Waals surface area contributed by atoms with E-state index in [4.69, 9.17) is 4.74 Å². The van der Waals surface area contributed by atoms with Crippen LogP contribution in [0.25, 0.3) is 6.08 Å². The van der Waals surface area contributed by atoms with E-state index in [-0.39, 0.29) is 5.91 Å². The molecule has 1 heterocycles. The fourth-order valence-electron chi connectivity index (χ4n) is 2.01. The van der Waals surface area contributed by atoms with E-state index in [1.165, 1.54) is 0 Å². The molecule has 0 bridgehead atoms. The van der Waals surface area contributed by atoms with Gasteiger partial charge < -0.3 is 10.1 Å². The molecule has 0 aliphatic carbocycles. The van der Waals surface area contributed by atoms with Crippen LogP contribution in [0.2, 0.25) is 0 Å². The average Bonchev–Trinajstić information content (AvgIpc) is 2.91. The summed E-state index contributed by atoms with van der Waals surface area (Å²) in [5.41, 5.74) is 1.04. The van der Waals surface area contributed by atoms with Crippen molar-refractivity contribution in [3.63, 3.8) is 0 Å². The molecule has 1 aromatic rings. The third kappa shape index (κ3) is 4.34. The first-order valence-electron chi connectivity index (χ1n) is 6.43. The summed E-state index contributed by atoms with van der Waals surface area (Å²) in [4.78, 5) is 11.6. The smallest absolute Gasteiger partial charge is 0.243 e. The number of amides is 1. The monoisotopic (exact) mass is 245 g/mol. The Hall–Kier alpha value is -1.61. The summed E-state index contributed by atoms with van der Waals surface area (Å²) in [6.07, 6.45) is 5.54. The molecule has 1 N–H and O–H groups in total. The van der Waals surface area contributed by atoms with E-state index in [9.17, 15) is 4.79 Å². The van der Waals surface area contributed by atoms with Gasteiger partial charge in [-0.1, -0.05) is 30.3 Å². The number of rotatable bonds is 5. The molecule has 1 fully saturated rings. The predicted molar refractivity (Wildman–Crippen MR) is 72.0 cm³/mol. The zero-order valence-electron chi connectivity index (χ0n) is 10.5. The Morgan fingerprint density at radius 3 is 2.94 bits per heavy atom. The maximum absolute atomic E-state index is 11.6. The lowest BCUT2D eigenvalue weighted by atomic mass is 10.1. The molecule has 1 amide bonds. The zero-order valence-corrected chi connectivity index (χ0v) is 10.5. The lowest BCUT2D eigenvalue weighted by Gasteiger charge is -2.06. The molecule has 96 valence electrons. The molecule has 0 unspecified atom stereocenters. The van der Waals surface area contributed by atoms with E-state index in [1.54, 1.807) is 6.08 Å². The summed E-state index contributed by atoms with van der Waals surface area (Å²) in [7, 11) is 0. The first kappa shape index (κ1) is 12.8. The summed E-state index contributed by atoms with van der Waals surface area (Å²) in [6.45, 7) is 2.44. The third-order valence-electron chi connectivity index (χ3n) is 3.10. The molecular formula is C15H19NO2. The molecule has 2 rings (SSSR count). The SMILES string of the molecule is O=C(/C=C/c1ccccc1)NCC[C@@H]1CCOC1. The fraction of sp³-hybridized carbons (Fsp3) is 0.400. The number of benzene rings is 1. The van der Waals surface area contributed by atoms with Crippen LogP contribution in [0.3, 0.4) is 0 Å². The minimum Gasteiger partial charge on any atom is -0.381 e. The van der Waals surface area contributed by atoms with Crippen LogP contribution in [0.5, 0.6) is 0 Å². The highest BCUT2D eigenvalue weighted by molar-refractivity contribution is 5.91. The Morgan fingerprint density at radius 2 is 2.22 bits per heavy atom. The molecule has 1 aromatic carbocycles. The summed E-state index contributed by atoms with van der Waals surface area (Å²) >= 11 is 0. The van der Waals surface area contributed by atoms with Crippen molar-refractivity contribution in [3.8, 4) is 0 Å². The summed E-state index contributed by atoms with van der Waals surface area (Å²) < 4.78 is 5.29. The average molecular weight is 245 g/mol. The largest absolute Gasteiger partial charge is 0.381 e. The van der Waals surface area contributed by atoms with Crippen molar-refractivity contribution in [3.05, 3.63) is 42.0 Å². The molecule has 3 nitrogen and oxygen atoms in total. The van der Waals surface area contributed by atoms with Gasteiger partial charge in [0.2, 0.25) is 5.91 Å². The van der Waals surface area contributed by atoms with E-state index in [0.717, 1.165) is 38.2 Å². The molecule has 3 heteroatoms. The van der Waals surface area contributed by atoms with Gasteiger partial charge in [-0.2, -0.15) is 0 Å². The third-order valence-corrected chi connectivity index (χ3v) is 3.10. The minimum absolute atomic E-state index is 0.0298. The number of carbonyl (C=O) groups is 1. The van der Waals surface area contributed by atoms with E-state index >= 15 is 0 Å². The van der Waals surface area contributed by atoms with Gasteiger partial charge in [0, 0.05) is 25.8 Å². The van der Waals surface area contributed by atoms with Crippen molar-refractivity contribution in [2.45, 2.75) is 12.8 Å². The molecule has 1 aliphatic rings. The van der Waals surface area contributed by atoms with Crippen molar-refractivity contribution in [2.24, 2.45) is 5.92 Å². The van der Waals surface area contributed by atoms with Gasteiger partial charge in [0.05, 0.1) is 0 Å². The van der Waals surface area contributed by atoms with E-state index < -0.39 is 0 Å². The van der Waals surface area contributed by atoms with Gasteiger partial charge in [-0.05, 0) is 30.4 Å². The molecule has 1 saturated heterocycles. The van der Waals surface area contributed by atoms with Crippen molar-refractivity contribution in [1.82, 2.24) is 5.32 Å². The van der Waals surface area contributed by atoms with Crippen LogP contribution in [0, 0.1) is 5.92 Å². The highest BCUT2D eigenvalue weighted by atomic mass is 16.5. The summed E-state index contributed by atoms with van der Waals surface area (Å²) in [5.74, 6) is 0.584. The standard InChI is InChI=1S/C15H19NO2/c17-15(7-6-13-4-2-1-3-5-13)16-10-8-14-9-11-18-12-14/h1-7,14H,8-12H2,(H,16,17)/b7-6+/t14-/m1/s1. The van der Waals surface area contributed by atoms with E-state index in [2.05, 4.69) is 5.32 Å². The molecule has 0 radical (unpaired) electrons. The molecule has 0 saturated carbocycles. The number of hydrogen-bond donors (Lipinski definition) is 1. The van der Waals surface area contributed by atoms with Gasteiger partial charge in [-0.3, -0.25) is 4.79 Å². The van der Waals surface area contributed by atoms with Crippen LogP contribution in [0.1, 0.15) is 18.4 Å². The maximum Gasteiger partial charge on any atom is 0.243 e. The number of carbonyl (C=O) groups excluding carboxylic acids is 1. The molecule has 1 atom stereocenters. The Morgan fingerprint density at radius 1 is 1.39 bits per heavy atom. The molecule has 0 spiro atoms. The Labute approximate surface area is 108 Å². The van der Waals surface area contributed by atoms with Crippen LogP contribution < -0.4 is 5.32 Å². The number of hydrogen-bond acceptors (Lipinski definition) is 2. The van der Waals surface area contributed by atoms with Crippen LogP contribution in [-0.2, 0) is 9.53 Å². The van der Waals surface area contributed by atoms with Crippen LogP contribution in [0.4, 0.5) is 0 Å². The molecular weight excluding hydrogens is 226 g/mol. The zero-order chi connectivity index (χ0) is 12.6. The van der Waals surface area contributed by atoms with Crippen molar-refractivity contribution in [1.29, 1.82) is 0 Å². The van der Waals surface area contributed by atoms with Crippen molar-refractivity contribution in [2.75, 3.05) is 19.8 Å². The van der Waals surface area contributed by atoms with Gasteiger partial charge in [0.1, 0.15) is 0 Å². The van der Waals surface area contributed by atoms with Crippen LogP contribution in [-0.4, -0.2) is 25.7 Å². The minimum atomic E-state index is -0.0298. The van der Waals surface area contributed by atoms with Crippen LogP contribution >= 0.6 is 0 Å². The first-order chi connectivity index (χ1) is 8.84. The topological polar surface area (TPSA) is 38.3 Å². The fourth-order valence-corrected chi connectivity index (χ4v) is 2.01. The second-order valence-corrected chi connectivity index (χ2v) is 4.55. The quantitative estimate of drug-likeness (QED) is 0.808. The van der Waals surface area contributed by atoms with Gasteiger partial charge in [-0.15, -0.1) is 0 Å². The maximum atomic E-state index is 11.6. The Balaban J connectivity index is 1.67. The van der Waals surface area contributed by atoms with E-state index in [0.29, 0.717) is 5.92 Å². The van der Waals surface area contributed by atoms with Crippen molar-refractivity contribution < 1.29 is 9.53 Å². The van der Waals surface area contributed by atoms with Gasteiger partial charge >= 0.3 is 0 Å². The number of ether oxygens (including phenoxy) is 1. The van der Waals surface area contributed by atoms with Gasteiger partial charge in [-0.25, -0.2) is 0 Å². The van der Waals surface area contributed by atoms with Crippen molar-refractivity contribution >= 4 is 12.0 Å². The van der Waals surface area contributed by atoms with Crippen LogP contribution in [0.15, 0.2) is 36.4 Å². The predicted octanol–water partition coefficient (Wildman–Crippen LogP) is 2.24. The highest BCUT2D eigenvalue weighted by Crippen LogP contribution is 2.15. The molecule has 18 heavy (non-hydrogen) atoms. The lowest BCUT2D eigenvalue weighted by Crippen LogP contribution is -2.24. The van der Waals surface area contributed by atoms with E-state index in [1.807, 2.05) is 36.4 Å². The Bertz CT molecular complexity index is 394. The van der Waals surface area contributed by atoms with Gasteiger partial charge in [0.25, 0.3) is 0 Å². The molecule has 1 aliphatic heterocycles. The lowest BCUT2D eigenvalue weighted by molar-refractivity contribution is -0.116. The first-order valence-corrected chi connectivity index (χ1v) is 6.43. The highest BCUT2D eigenvalue weighted by Gasteiger charge is 2.14.